The Morgan fingerprint density at radius 2 is 2.17 bits per heavy atom. The van der Waals surface area contributed by atoms with Gasteiger partial charge in [0.15, 0.2) is 5.96 Å². The van der Waals surface area contributed by atoms with E-state index in [1.165, 1.54) is 19.3 Å². The Hall–Kier alpha value is -0.770. The first-order chi connectivity index (χ1) is 8.58. The van der Waals surface area contributed by atoms with Crippen molar-refractivity contribution >= 4 is 5.96 Å². The third-order valence-corrected chi connectivity index (χ3v) is 3.36. The molecule has 0 heterocycles. The van der Waals surface area contributed by atoms with Crippen LogP contribution in [0.4, 0.5) is 0 Å². The van der Waals surface area contributed by atoms with Gasteiger partial charge in [0.05, 0.1) is 0 Å². The van der Waals surface area contributed by atoms with Crippen molar-refractivity contribution in [2.75, 3.05) is 26.3 Å². The number of rotatable bonds is 9. The maximum Gasteiger partial charge on any atom is 0.188 e. The zero-order valence-electron chi connectivity index (χ0n) is 12.2. The van der Waals surface area contributed by atoms with Crippen molar-refractivity contribution in [1.29, 1.82) is 0 Å². The number of aliphatic imine (C=N–C) groups is 1. The fourth-order valence-electron chi connectivity index (χ4n) is 2.31. The fourth-order valence-corrected chi connectivity index (χ4v) is 2.31. The molecule has 0 atom stereocenters. The predicted octanol–water partition coefficient (Wildman–Crippen LogP) is 2.14. The van der Waals surface area contributed by atoms with Gasteiger partial charge >= 0.3 is 0 Å². The van der Waals surface area contributed by atoms with Gasteiger partial charge in [0.1, 0.15) is 0 Å². The van der Waals surface area contributed by atoms with Crippen LogP contribution in [0.5, 0.6) is 0 Å². The van der Waals surface area contributed by atoms with Gasteiger partial charge in [-0.25, -0.2) is 0 Å². The highest BCUT2D eigenvalue weighted by atomic mass is 16.5. The van der Waals surface area contributed by atoms with E-state index in [0.717, 1.165) is 38.6 Å². The highest BCUT2D eigenvalue weighted by Crippen LogP contribution is 2.50. The van der Waals surface area contributed by atoms with E-state index < -0.39 is 0 Å². The summed E-state index contributed by atoms with van der Waals surface area (Å²) >= 11 is 0. The zero-order valence-corrected chi connectivity index (χ0v) is 12.2. The van der Waals surface area contributed by atoms with E-state index >= 15 is 0 Å². The van der Waals surface area contributed by atoms with Crippen molar-refractivity contribution in [3.63, 3.8) is 0 Å². The summed E-state index contributed by atoms with van der Waals surface area (Å²) in [6.45, 7) is 9.85. The molecule has 0 spiro atoms. The molecule has 4 heteroatoms. The topological polar surface area (TPSA) is 59.6 Å². The number of hydrogen-bond acceptors (Lipinski definition) is 2. The molecular formula is C14H29N3O. The lowest BCUT2D eigenvalue weighted by atomic mass is 9.94. The average Bonchev–Trinajstić information content (AvgIpc) is 3.06. The third kappa shape index (κ3) is 6.24. The number of nitrogens with two attached hydrogens (primary N) is 1. The summed E-state index contributed by atoms with van der Waals surface area (Å²) < 4.78 is 5.26. The Morgan fingerprint density at radius 3 is 2.72 bits per heavy atom. The lowest BCUT2D eigenvalue weighted by Crippen LogP contribution is -2.33. The molecule has 1 aliphatic rings. The molecule has 0 aromatic rings. The molecule has 106 valence electrons. The Balaban J connectivity index is 2.13. The van der Waals surface area contributed by atoms with Gasteiger partial charge in [-0.15, -0.1) is 0 Å². The predicted molar refractivity (Wildman–Crippen MR) is 76.7 cm³/mol. The molecular weight excluding hydrogens is 226 g/mol. The van der Waals surface area contributed by atoms with Crippen LogP contribution in [0.2, 0.25) is 0 Å². The van der Waals surface area contributed by atoms with Crippen molar-refractivity contribution < 1.29 is 4.74 Å². The molecule has 1 aliphatic carbocycles. The summed E-state index contributed by atoms with van der Waals surface area (Å²) in [6.07, 6.45) is 4.87. The van der Waals surface area contributed by atoms with Gasteiger partial charge in [-0.1, -0.05) is 13.8 Å². The second-order valence-electron chi connectivity index (χ2n) is 5.78. The van der Waals surface area contributed by atoms with Gasteiger partial charge in [-0.2, -0.15) is 0 Å². The Labute approximate surface area is 111 Å². The Bertz CT molecular complexity index is 260. The maximum absolute atomic E-state index is 5.85. The minimum atomic E-state index is 0.464. The molecule has 1 rings (SSSR count). The van der Waals surface area contributed by atoms with E-state index in [4.69, 9.17) is 10.5 Å². The van der Waals surface area contributed by atoms with Crippen LogP contribution < -0.4 is 11.1 Å². The van der Waals surface area contributed by atoms with Crippen molar-refractivity contribution in [2.24, 2.45) is 22.1 Å². The lowest BCUT2D eigenvalue weighted by molar-refractivity contribution is 0.145. The molecule has 0 bridgehead atoms. The summed E-state index contributed by atoms with van der Waals surface area (Å²) in [4.78, 5) is 4.47. The summed E-state index contributed by atoms with van der Waals surface area (Å²) in [5, 5.41) is 3.14. The average molecular weight is 255 g/mol. The zero-order chi connectivity index (χ0) is 13.4. The smallest absolute Gasteiger partial charge is 0.188 e. The highest BCUT2D eigenvalue weighted by molar-refractivity contribution is 5.77. The standard InChI is InChI=1S/C14H29N3O/c1-4-18-9-5-8-16-13(15)17-11-14(6-7-14)10-12(2)3/h12H,4-11H2,1-3H3,(H3,15,16,17). The van der Waals surface area contributed by atoms with Crippen LogP contribution in [0.1, 0.15) is 46.5 Å². The molecule has 0 aromatic heterocycles. The summed E-state index contributed by atoms with van der Waals surface area (Å²) in [5.41, 5.74) is 6.32. The van der Waals surface area contributed by atoms with Crippen LogP contribution in [0.15, 0.2) is 4.99 Å². The van der Waals surface area contributed by atoms with Gasteiger partial charge < -0.3 is 15.8 Å². The second kappa shape index (κ2) is 7.62. The van der Waals surface area contributed by atoms with Crippen molar-refractivity contribution in [2.45, 2.75) is 46.5 Å². The molecule has 3 N–H and O–H groups in total. The van der Waals surface area contributed by atoms with Crippen LogP contribution in [-0.2, 0) is 4.74 Å². The van der Waals surface area contributed by atoms with Gasteiger partial charge in [-0.05, 0) is 43.9 Å². The highest BCUT2D eigenvalue weighted by Gasteiger charge is 2.42. The van der Waals surface area contributed by atoms with Gasteiger partial charge in [0, 0.05) is 26.3 Å². The van der Waals surface area contributed by atoms with E-state index in [1.807, 2.05) is 6.92 Å². The second-order valence-corrected chi connectivity index (χ2v) is 5.78. The first-order valence-corrected chi connectivity index (χ1v) is 7.19. The van der Waals surface area contributed by atoms with Crippen LogP contribution in [-0.4, -0.2) is 32.3 Å². The Kier molecular flexibility index (Phi) is 6.47. The summed E-state index contributed by atoms with van der Waals surface area (Å²) in [6, 6.07) is 0. The van der Waals surface area contributed by atoms with Crippen LogP contribution >= 0.6 is 0 Å². The molecule has 0 radical (unpaired) electrons. The summed E-state index contributed by atoms with van der Waals surface area (Å²) in [7, 11) is 0. The molecule has 1 fully saturated rings. The van der Waals surface area contributed by atoms with E-state index in [9.17, 15) is 0 Å². The van der Waals surface area contributed by atoms with Crippen LogP contribution in [0.3, 0.4) is 0 Å². The monoisotopic (exact) mass is 255 g/mol. The van der Waals surface area contributed by atoms with Crippen molar-refractivity contribution in [3.8, 4) is 0 Å². The van der Waals surface area contributed by atoms with Crippen molar-refractivity contribution in [3.05, 3.63) is 0 Å². The largest absolute Gasteiger partial charge is 0.382 e. The minimum absolute atomic E-state index is 0.464. The van der Waals surface area contributed by atoms with E-state index in [2.05, 4.69) is 24.2 Å². The first kappa shape index (κ1) is 15.3. The van der Waals surface area contributed by atoms with E-state index in [-0.39, 0.29) is 0 Å². The number of hydrogen-bond donors (Lipinski definition) is 2. The Morgan fingerprint density at radius 1 is 1.44 bits per heavy atom. The SMILES string of the molecule is CCOCCCNC(N)=NCC1(CC(C)C)CC1. The quantitative estimate of drug-likeness (QED) is 0.377. The van der Waals surface area contributed by atoms with Gasteiger partial charge in [0.25, 0.3) is 0 Å². The molecule has 0 saturated heterocycles. The van der Waals surface area contributed by atoms with Crippen LogP contribution in [0.25, 0.3) is 0 Å². The molecule has 18 heavy (non-hydrogen) atoms. The van der Waals surface area contributed by atoms with Crippen molar-refractivity contribution in [1.82, 2.24) is 5.32 Å². The van der Waals surface area contributed by atoms with E-state index in [0.29, 0.717) is 11.4 Å². The number of nitrogens with zero attached hydrogens (tertiary/aromatic N) is 1. The normalized spacial score (nSPS) is 18.1. The fraction of sp³-hybridized carbons (Fsp3) is 0.929. The molecule has 0 aromatic carbocycles. The summed E-state index contributed by atoms with van der Waals surface area (Å²) in [5.74, 6) is 1.34. The number of guanidine groups is 1. The molecule has 1 saturated carbocycles. The molecule has 0 amide bonds. The molecule has 0 aliphatic heterocycles. The molecule has 0 unspecified atom stereocenters. The molecule has 4 nitrogen and oxygen atoms in total. The number of nitrogens with one attached hydrogen (secondary N) is 1. The van der Waals surface area contributed by atoms with Crippen LogP contribution in [0, 0.1) is 11.3 Å². The van der Waals surface area contributed by atoms with Gasteiger partial charge in [0.2, 0.25) is 0 Å². The minimum Gasteiger partial charge on any atom is -0.382 e. The first-order valence-electron chi connectivity index (χ1n) is 7.19. The van der Waals surface area contributed by atoms with Gasteiger partial charge in [-0.3, -0.25) is 4.99 Å². The third-order valence-electron chi connectivity index (χ3n) is 3.36. The maximum atomic E-state index is 5.85. The van der Waals surface area contributed by atoms with E-state index in [1.54, 1.807) is 0 Å². The lowest BCUT2D eigenvalue weighted by Gasteiger charge is -2.15. The number of ether oxygens (including phenoxy) is 1.